The summed E-state index contributed by atoms with van der Waals surface area (Å²) in [6.45, 7) is 0. The van der Waals surface area contributed by atoms with Crippen molar-refractivity contribution < 1.29 is 4.42 Å². The van der Waals surface area contributed by atoms with Gasteiger partial charge in [0.15, 0.2) is 5.42 Å². The third-order valence-corrected chi connectivity index (χ3v) is 8.25. The fourth-order valence-corrected chi connectivity index (χ4v) is 6.71. The molecule has 0 saturated heterocycles. The number of anilines is 1. The molecule has 0 radical (unpaired) electrons. The van der Waals surface area contributed by atoms with Crippen molar-refractivity contribution in [2.24, 2.45) is 16.8 Å². The maximum absolute atomic E-state index is 6.52. The van der Waals surface area contributed by atoms with Crippen molar-refractivity contribution in [1.29, 1.82) is 0 Å². The van der Waals surface area contributed by atoms with E-state index in [9.17, 15) is 0 Å². The average molecular weight is 467 g/mol. The summed E-state index contributed by atoms with van der Waals surface area (Å²) in [5.74, 6) is 0.894. The molecule has 0 spiro atoms. The van der Waals surface area contributed by atoms with Crippen molar-refractivity contribution in [3.05, 3.63) is 113 Å². The molecule has 3 atom stereocenters. The average Bonchev–Trinajstić information content (AvgIpc) is 3.48. The topological polar surface area (TPSA) is 28.7 Å². The van der Waals surface area contributed by atoms with Crippen molar-refractivity contribution in [3.63, 3.8) is 0 Å². The van der Waals surface area contributed by atoms with Gasteiger partial charge in [-0.25, -0.2) is 0 Å². The minimum Gasteiger partial charge on any atom is -0.454 e. The molecule has 0 N–H and O–H groups in total. The van der Waals surface area contributed by atoms with E-state index < -0.39 is 0 Å². The highest BCUT2D eigenvalue weighted by Crippen LogP contribution is 2.53. The van der Waals surface area contributed by atoms with E-state index in [1.165, 1.54) is 44.3 Å². The number of para-hydroxylation sites is 1. The highest BCUT2D eigenvalue weighted by Gasteiger charge is 2.38. The predicted octanol–water partition coefficient (Wildman–Crippen LogP) is 6.13. The van der Waals surface area contributed by atoms with E-state index in [2.05, 4.69) is 107 Å². The lowest BCUT2D eigenvalue weighted by molar-refractivity contribution is 0.563. The van der Waals surface area contributed by atoms with Gasteiger partial charge < -0.3 is 9.32 Å². The maximum Gasteiger partial charge on any atom is 0.154 e. The van der Waals surface area contributed by atoms with Crippen LogP contribution in [-0.2, 0) is 0 Å². The first-order valence-electron chi connectivity index (χ1n) is 13.0. The van der Waals surface area contributed by atoms with Gasteiger partial charge in [0, 0.05) is 40.5 Å². The summed E-state index contributed by atoms with van der Waals surface area (Å²) >= 11 is 0. The molecular formula is C33H26N2O. The summed E-state index contributed by atoms with van der Waals surface area (Å²) < 4.78 is 6.52. The number of allylic oxidation sites excluding steroid dienone is 8. The molecule has 0 amide bonds. The fraction of sp³-hybridized carbons (Fsp3) is 0.182. The Morgan fingerprint density at radius 3 is 2.67 bits per heavy atom. The number of furan rings is 1. The molecule has 0 saturated carbocycles. The standard InChI is InChI=1S/C33H26N2O/c1-2-15-31-25(10-1)28-13-5-14-30(33(28)36-31)35(23-9-6-18-34-20-23)22-16-17-24-26-11-3-7-21-8-4-12-27(32(21)26)29(24)19-22/h1-4,6-8,10-13,15-21,23,32H,5,9,14H2. The van der Waals surface area contributed by atoms with Gasteiger partial charge in [0.2, 0.25) is 0 Å². The van der Waals surface area contributed by atoms with E-state index in [0.717, 1.165) is 30.3 Å². The highest BCUT2D eigenvalue weighted by molar-refractivity contribution is 5.99. The normalized spacial score (nSPS) is 24.7. The Morgan fingerprint density at radius 2 is 1.81 bits per heavy atom. The van der Waals surface area contributed by atoms with Gasteiger partial charge in [0.05, 0.1) is 11.7 Å². The molecule has 5 aliphatic rings. The van der Waals surface area contributed by atoms with E-state index in [1.54, 1.807) is 0 Å². The quantitative estimate of drug-likeness (QED) is 0.465. The number of hydrogen-bond acceptors (Lipinski definition) is 3. The Balaban J connectivity index is 1.35. The van der Waals surface area contributed by atoms with E-state index in [4.69, 9.17) is 4.42 Å². The molecule has 0 fully saturated rings. The van der Waals surface area contributed by atoms with Gasteiger partial charge >= 0.3 is 0 Å². The van der Waals surface area contributed by atoms with Gasteiger partial charge in [-0.05, 0) is 59.7 Å². The summed E-state index contributed by atoms with van der Waals surface area (Å²) in [7, 11) is 0. The SMILES string of the molecule is C1=CC2C=CC=C3c4cc(N(C5=c6oc7ccccc7c6=CCC5)C5C=NC=CC5)ccc4C(=C1)C32. The lowest BCUT2D eigenvalue weighted by Crippen LogP contribution is -2.42. The molecule has 1 aromatic heterocycles. The van der Waals surface area contributed by atoms with Crippen molar-refractivity contribution in [3.8, 4) is 0 Å². The molecule has 8 rings (SSSR count). The second-order valence-corrected chi connectivity index (χ2v) is 10.2. The Bertz CT molecular complexity index is 1740. The van der Waals surface area contributed by atoms with Crippen LogP contribution in [0.1, 0.15) is 30.4 Å². The molecule has 2 aromatic carbocycles. The van der Waals surface area contributed by atoms with Gasteiger partial charge in [0.1, 0.15) is 5.58 Å². The smallest absolute Gasteiger partial charge is 0.154 e. The van der Waals surface area contributed by atoms with E-state index in [1.807, 2.05) is 6.20 Å². The molecule has 0 bridgehead atoms. The number of fused-ring (bicyclic) bond motifs is 6. The molecule has 36 heavy (non-hydrogen) atoms. The molecule has 174 valence electrons. The number of rotatable bonds is 3. The van der Waals surface area contributed by atoms with Crippen LogP contribution in [0.4, 0.5) is 5.69 Å². The lowest BCUT2D eigenvalue weighted by Gasteiger charge is -2.34. The predicted molar refractivity (Wildman–Crippen MR) is 149 cm³/mol. The van der Waals surface area contributed by atoms with Crippen LogP contribution >= 0.6 is 0 Å². The summed E-state index contributed by atoms with van der Waals surface area (Å²) in [5, 5.41) is 2.43. The third kappa shape index (κ3) is 2.83. The van der Waals surface area contributed by atoms with Gasteiger partial charge in [0.25, 0.3) is 0 Å². The number of hydrogen-bond donors (Lipinski definition) is 0. The van der Waals surface area contributed by atoms with Crippen LogP contribution in [-0.4, -0.2) is 12.3 Å². The van der Waals surface area contributed by atoms with Gasteiger partial charge in [-0.3, -0.25) is 4.99 Å². The largest absolute Gasteiger partial charge is 0.454 e. The van der Waals surface area contributed by atoms with Crippen LogP contribution in [0.15, 0.2) is 101 Å². The molecule has 3 heteroatoms. The zero-order valence-corrected chi connectivity index (χ0v) is 20.0. The first kappa shape index (κ1) is 20.1. The minimum atomic E-state index is 0.153. The van der Waals surface area contributed by atoms with Crippen molar-refractivity contribution in [1.82, 2.24) is 0 Å². The van der Waals surface area contributed by atoms with Crippen LogP contribution in [0.3, 0.4) is 0 Å². The molecule has 3 aromatic rings. The van der Waals surface area contributed by atoms with Crippen LogP contribution in [0.5, 0.6) is 0 Å². The minimum absolute atomic E-state index is 0.153. The molecule has 1 aliphatic heterocycles. The first-order valence-corrected chi connectivity index (χ1v) is 13.0. The highest BCUT2D eigenvalue weighted by atomic mass is 16.3. The summed E-state index contributed by atoms with van der Waals surface area (Å²) in [5.41, 5.74) is 10.1. The van der Waals surface area contributed by atoms with Crippen LogP contribution in [0.2, 0.25) is 0 Å². The Kier molecular flexibility index (Phi) is 4.30. The molecule has 4 aliphatic carbocycles. The Hall–Kier alpha value is -4.11. The van der Waals surface area contributed by atoms with E-state index >= 15 is 0 Å². The van der Waals surface area contributed by atoms with Gasteiger partial charge in [-0.2, -0.15) is 0 Å². The van der Waals surface area contributed by atoms with E-state index in [0.29, 0.717) is 11.8 Å². The zero-order valence-electron chi connectivity index (χ0n) is 20.0. The number of benzene rings is 2. The summed E-state index contributed by atoms with van der Waals surface area (Å²) in [4.78, 5) is 7.04. The van der Waals surface area contributed by atoms with Crippen molar-refractivity contribution >= 4 is 45.8 Å². The molecular weight excluding hydrogens is 440 g/mol. The van der Waals surface area contributed by atoms with Crippen LogP contribution in [0, 0.1) is 11.8 Å². The zero-order chi connectivity index (χ0) is 23.6. The lowest BCUT2D eigenvalue weighted by atomic mass is 9.78. The molecule has 3 nitrogen and oxygen atoms in total. The van der Waals surface area contributed by atoms with Crippen molar-refractivity contribution in [2.45, 2.75) is 25.3 Å². The van der Waals surface area contributed by atoms with Crippen LogP contribution < -0.4 is 15.5 Å². The fourth-order valence-electron chi connectivity index (χ4n) is 6.71. The summed E-state index contributed by atoms with van der Waals surface area (Å²) in [6, 6.07) is 15.6. The second kappa shape index (κ2) is 7.69. The first-order chi connectivity index (χ1) is 17.9. The van der Waals surface area contributed by atoms with Crippen molar-refractivity contribution in [2.75, 3.05) is 4.90 Å². The van der Waals surface area contributed by atoms with Crippen LogP contribution in [0.25, 0.3) is 33.9 Å². The summed E-state index contributed by atoms with van der Waals surface area (Å²) in [6.07, 6.45) is 25.1. The second-order valence-electron chi connectivity index (χ2n) is 10.2. The number of nitrogens with zero attached hydrogens (tertiary/aromatic N) is 2. The third-order valence-electron chi connectivity index (χ3n) is 8.25. The van der Waals surface area contributed by atoms with E-state index in [-0.39, 0.29) is 6.04 Å². The van der Waals surface area contributed by atoms with Gasteiger partial charge in [-0.15, -0.1) is 0 Å². The number of aliphatic imine (C=N–C) groups is 1. The molecule has 2 heterocycles. The monoisotopic (exact) mass is 466 g/mol. The maximum atomic E-state index is 6.52. The molecule has 3 unspecified atom stereocenters. The van der Waals surface area contributed by atoms with Gasteiger partial charge in [-0.1, -0.05) is 72.9 Å². The Morgan fingerprint density at radius 1 is 0.944 bits per heavy atom. The Labute approximate surface area is 210 Å².